The molecule has 22 heavy (non-hydrogen) atoms. The lowest BCUT2D eigenvalue weighted by molar-refractivity contribution is -0.133. The largest absolute Gasteiger partial charge is 0.423 e. The molecule has 1 amide bonds. The normalized spacial score (nSPS) is 16.6. The highest BCUT2D eigenvalue weighted by Gasteiger charge is 2.25. The molecule has 1 fully saturated rings. The molecule has 1 saturated carbocycles. The van der Waals surface area contributed by atoms with Crippen LogP contribution in [0.15, 0.2) is 42.5 Å². The van der Waals surface area contributed by atoms with Crippen molar-refractivity contribution in [1.29, 1.82) is 0 Å². The highest BCUT2D eigenvalue weighted by atomic mass is 16.5. The maximum absolute atomic E-state index is 12.2. The fourth-order valence-electron chi connectivity index (χ4n) is 2.57. The van der Waals surface area contributed by atoms with Crippen LogP contribution >= 0.6 is 0 Å². The van der Waals surface area contributed by atoms with E-state index in [9.17, 15) is 9.59 Å². The van der Waals surface area contributed by atoms with E-state index in [1.807, 2.05) is 6.07 Å². The molecule has 0 radical (unpaired) electrons. The van der Waals surface area contributed by atoms with Gasteiger partial charge in [-0.1, -0.05) is 44.0 Å². The Morgan fingerprint density at radius 3 is 2.45 bits per heavy atom. The smallest absolute Gasteiger partial charge is 0.339 e. The number of carbonyl (C=O) groups is 2. The van der Waals surface area contributed by atoms with Gasteiger partial charge in [-0.15, -0.1) is 0 Å². The zero-order valence-corrected chi connectivity index (χ0v) is 13.0. The minimum atomic E-state index is -0.585. The number of ether oxygens (including phenoxy) is 1. The SMILES string of the molecule is C=C(C(=O)Oc1ccccc1)C(C)C(=O)NC1CCCCC1. The zero-order valence-electron chi connectivity index (χ0n) is 13.0. The highest BCUT2D eigenvalue weighted by Crippen LogP contribution is 2.19. The first-order chi connectivity index (χ1) is 10.6. The van der Waals surface area contributed by atoms with Gasteiger partial charge in [-0.2, -0.15) is 0 Å². The van der Waals surface area contributed by atoms with Gasteiger partial charge in [0.1, 0.15) is 5.75 Å². The fraction of sp³-hybridized carbons (Fsp3) is 0.444. The van der Waals surface area contributed by atoms with E-state index in [0.29, 0.717) is 5.75 Å². The van der Waals surface area contributed by atoms with Crippen LogP contribution in [0, 0.1) is 5.92 Å². The van der Waals surface area contributed by atoms with Gasteiger partial charge in [0.15, 0.2) is 0 Å². The van der Waals surface area contributed by atoms with Crippen LogP contribution in [-0.2, 0) is 9.59 Å². The minimum absolute atomic E-state index is 0.151. The first kappa shape index (κ1) is 16.3. The molecule has 118 valence electrons. The van der Waals surface area contributed by atoms with Gasteiger partial charge in [-0.05, 0) is 31.9 Å². The summed E-state index contributed by atoms with van der Waals surface area (Å²) in [4.78, 5) is 24.3. The van der Waals surface area contributed by atoms with Crippen LogP contribution in [0.25, 0.3) is 0 Å². The Balaban J connectivity index is 1.87. The van der Waals surface area contributed by atoms with E-state index in [1.54, 1.807) is 31.2 Å². The Kier molecular flexibility index (Phi) is 5.75. The van der Waals surface area contributed by atoms with Gasteiger partial charge in [0.2, 0.25) is 5.91 Å². The van der Waals surface area contributed by atoms with Gasteiger partial charge >= 0.3 is 5.97 Å². The van der Waals surface area contributed by atoms with E-state index in [4.69, 9.17) is 4.74 Å². The Bertz CT molecular complexity index is 533. The number of hydrogen-bond donors (Lipinski definition) is 1. The van der Waals surface area contributed by atoms with Crippen molar-refractivity contribution in [2.24, 2.45) is 5.92 Å². The standard InChI is InChI=1S/C18H23NO3/c1-13(17(20)19-15-9-5-3-6-10-15)14(2)18(21)22-16-11-7-4-8-12-16/h4,7-8,11-13,15H,2-3,5-6,9-10H2,1H3,(H,19,20). The topological polar surface area (TPSA) is 55.4 Å². The summed E-state index contributed by atoms with van der Waals surface area (Å²) in [5.74, 6) is -0.842. The van der Waals surface area contributed by atoms with Crippen molar-refractivity contribution in [3.8, 4) is 5.75 Å². The van der Waals surface area contributed by atoms with Crippen LogP contribution in [0.2, 0.25) is 0 Å². The highest BCUT2D eigenvalue weighted by molar-refractivity contribution is 5.97. The van der Waals surface area contributed by atoms with Crippen molar-refractivity contribution < 1.29 is 14.3 Å². The summed E-state index contributed by atoms with van der Waals surface area (Å²) in [6, 6.07) is 9.01. The van der Waals surface area contributed by atoms with Gasteiger partial charge in [0.25, 0.3) is 0 Å². The van der Waals surface area contributed by atoms with Gasteiger partial charge in [0, 0.05) is 11.6 Å². The van der Waals surface area contributed by atoms with Gasteiger partial charge in [-0.3, -0.25) is 4.79 Å². The van der Waals surface area contributed by atoms with Crippen molar-refractivity contribution in [3.63, 3.8) is 0 Å². The van der Waals surface area contributed by atoms with E-state index >= 15 is 0 Å². The second-order valence-electron chi connectivity index (χ2n) is 5.79. The first-order valence-corrected chi connectivity index (χ1v) is 7.84. The third-order valence-corrected chi connectivity index (χ3v) is 4.08. The summed E-state index contributed by atoms with van der Waals surface area (Å²) in [7, 11) is 0. The molecule has 0 spiro atoms. The van der Waals surface area contributed by atoms with E-state index in [0.717, 1.165) is 25.7 Å². The summed E-state index contributed by atoms with van der Waals surface area (Å²) >= 11 is 0. The molecule has 1 atom stereocenters. The molecule has 0 heterocycles. The lowest BCUT2D eigenvalue weighted by Crippen LogP contribution is -2.40. The second kappa shape index (κ2) is 7.78. The number of esters is 1. The molecule has 0 aromatic heterocycles. The Morgan fingerprint density at radius 1 is 1.18 bits per heavy atom. The van der Waals surface area contributed by atoms with Crippen molar-refractivity contribution in [2.45, 2.75) is 45.1 Å². The second-order valence-corrected chi connectivity index (χ2v) is 5.79. The molecule has 0 bridgehead atoms. The average molecular weight is 301 g/mol. The molecule has 1 aromatic carbocycles. The molecule has 4 nitrogen and oxygen atoms in total. The molecule has 1 N–H and O–H groups in total. The summed E-state index contributed by atoms with van der Waals surface area (Å²) in [6.07, 6.45) is 5.56. The van der Waals surface area contributed by atoms with Crippen LogP contribution < -0.4 is 10.1 Å². The molecule has 2 rings (SSSR count). The van der Waals surface area contributed by atoms with E-state index < -0.39 is 11.9 Å². The number of rotatable bonds is 5. The van der Waals surface area contributed by atoms with E-state index in [1.165, 1.54) is 6.42 Å². The molecule has 0 aliphatic heterocycles. The van der Waals surface area contributed by atoms with Crippen molar-refractivity contribution in [3.05, 3.63) is 42.5 Å². The summed E-state index contributed by atoms with van der Waals surface area (Å²) in [5, 5.41) is 3.01. The molecule has 1 aliphatic carbocycles. The number of nitrogens with one attached hydrogen (secondary N) is 1. The minimum Gasteiger partial charge on any atom is -0.423 e. The molecule has 1 aromatic rings. The average Bonchev–Trinajstić information content (AvgIpc) is 2.55. The van der Waals surface area contributed by atoms with Gasteiger partial charge in [-0.25, -0.2) is 4.79 Å². The quantitative estimate of drug-likeness (QED) is 0.516. The van der Waals surface area contributed by atoms with Gasteiger partial charge in [0.05, 0.1) is 5.92 Å². The molecule has 0 saturated heterocycles. The maximum atomic E-state index is 12.2. The number of carbonyl (C=O) groups excluding carboxylic acids is 2. The van der Waals surface area contributed by atoms with E-state index in [2.05, 4.69) is 11.9 Å². The summed E-state index contributed by atoms with van der Waals surface area (Å²) < 4.78 is 5.22. The molecule has 4 heteroatoms. The summed E-state index contributed by atoms with van der Waals surface area (Å²) in [6.45, 7) is 5.42. The van der Waals surface area contributed by atoms with Gasteiger partial charge < -0.3 is 10.1 Å². The van der Waals surface area contributed by atoms with Crippen LogP contribution in [0.5, 0.6) is 5.75 Å². The molecule has 1 aliphatic rings. The van der Waals surface area contributed by atoms with E-state index in [-0.39, 0.29) is 17.5 Å². The lowest BCUT2D eigenvalue weighted by atomic mass is 9.94. The number of amides is 1. The molecular formula is C18H23NO3. The van der Waals surface area contributed by atoms with Crippen LogP contribution in [0.1, 0.15) is 39.0 Å². The van der Waals surface area contributed by atoms with Crippen molar-refractivity contribution in [2.75, 3.05) is 0 Å². The maximum Gasteiger partial charge on any atom is 0.339 e. The number of benzene rings is 1. The predicted octanol–water partition coefficient (Wildman–Crippen LogP) is 3.23. The first-order valence-electron chi connectivity index (χ1n) is 7.84. The molecule has 1 unspecified atom stereocenters. The van der Waals surface area contributed by atoms with Crippen LogP contribution in [-0.4, -0.2) is 17.9 Å². The van der Waals surface area contributed by atoms with Crippen LogP contribution in [0.3, 0.4) is 0 Å². The predicted molar refractivity (Wildman–Crippen MR) is 85.4 cm³/mol. The van der Waals surface area contributed by atoms with Crippen molar-refractivity contribution >= 4 is 11.9 Å². The Hall–Kier alpha value is -2.10. The van der Waals surface area contributed by atoms with Crippen LogP contribution in [0.4, 0.5) is 0 Å². The lowest BCUT2D eigenvalue weighted by Gasteiger charge is -2.24. The molecular weight excluding hydrogens is 278 g/mol. The monoisotopic (exact) mass is 301 g/mol. The number of para-hydroxylation sites is 1. The number of hydrogen-bond acceptors (Lipinski definition) is 3. The third-order valence-electron chi connectivity index (χ3n) is 4.08. The zero-order chi connectivity index (χ0) is 15.9. The van der Waals surface area contributed by atoms with Crippen molar-refractivity contribution in [1.82, 2.24) is 5.32 Å². The Labute approximate surface area is 131 Å². The third kappa shape index (κ3) is 4.45. The fourth-order valence-corrected chi connectivity index (χ4v) is 2.57. The Morgan fingerprint density at radius 2 is 1.82 bits per heavy atom. The summed E-state index contributed by atoms with van der Waals surface area (Å²) in [5.41, 5.74) is 0.178.